The van der Waals surface area contributed by atoms with Gasteiger partial charge in [0.1, 0.15) is 10.6 Å². The van der Waals surface area contributed by atoms with Crippen LogP contribution in [0.15, 0.2) is 36.4 Å². The number of benzene rings is 1. The SMILES string of the molecule is COc1ccc(C(=O)c2cc3cc(C)n(CCCNS(=O)(=O)C(F)(F)F)c3s2)cc1. The molecule has 1 N–H and O–H groups in total. The second-order valence-corrected chi connectivity index (χ2v) is 9.35. The van der Waals surface area contributed by atoms with Crippen molar-refractivity contribution >= 4 is 37.4 Å². The average molecular weight is 460 g/mol. The number of hydrogen-bond acceptors (Lipinski definition) is 5. The summed E-state index contributed by atoms with van der Waals surface area (Å²) in [4.78, 5) is 14.1. The predicted octanol–water partition coefficient (Wildman–Crippen LogP) is 4.08. The number of rotatable bonds is 8. The number of carbonyl (C=O) groups excluding carboxylic acids is 1. The number of methoxy groups -OCH3 is 1. The molecule has 0 amide bonds. The Morgan fingerprint density at radius 1 is 1.20 bits per heavy atom. The Bertz CT molecular complexity index is 1160. The van der Waals surface area contributed by atoms with E-state index in [2.05, 4.69) is 0 Å². The molecule has 0 fully saturated rings. The molecule has 6 nitrogen and oxygen atoms in total. The van der Waals surface area contributed by atoms with Crippen LogP contribution in [0.1, 0.15) is 27.3 Å². The second kappa shape index (κ2) is 8.40. The summed E-state index contributed by atoms with van der Waals surface area (Å²) in [6.07, 6.45) is 0.166. The van der Waals surface area contributed by atoms with Gasteiger partial charge in [-0.15, -0.1) is 11.3 Å². The molecule has 3 aromatic rings. The van der Waals surface area contributed by atoms with E-state index in [1.807, 2.05) is 17.6 Å². The monoisotopic (exact) mass is 460 g/mol. The number of nitrogens with zero attached hydrogens (tertiary/aromatic N) is 1. The number of hydrogen-bond donors (Lipinski definition) is 1. The zero-order valence-corrected chi connectivity index (χ0v) is 17.7. The maximum atomic E-state index is 12.8. The number of nitrogens with one attached hydrogen (secondary N) is 1. The zero-order chi connectivity index (χ0) is 22.1. The summed E-state index contributed by atoms with van der Waals surface area (Å²) in [7, 11) is -3.80. The van der Waals surface area contributed by atoms with E-state index in [4.69, 9.17) is 4.74 Å². The van der Waals surface area contributed by atoms with Crippen LogP contribution in [0.25, 0.3) is 10.2 Å². The van der Waals surface area contributed by atoms with E-state index in [0.717, 1.165) is 15.9 Å². The van der Waals surface area contributed by atoms with Crippen molar-refractivity contribution in [2.45, 2.75) is 25.4 Å². The molecule has 162 valence electrons. The summed E-state index contributed by atoms with van der Waals surface area (Å²) >= 11 is 1.29. The third kappa shape index (κ3) is 4.52. The summed E-state index contributed by atoms with van der Waals surface area (Å²) in [6, 6.07) is 10.4. The molecule has 0 aliphatic carbocycles. The van der Waals surface area contributed by atoms with Gasteiger partial charge in [-0.3, -0.25) is 4.79 Å². The minimum absolute atomic E-state index is 0.138. The topological polar surface area (TPSA) is 77.4 Å². The van der Waals surface area contributed by atoms with Crippen molar-refractivity contribution in [2.75, 3.05) is 13.7 Å². The number of thiophene rings is 1. The number of carbonyl (C=O) groups is 1. The van der Waals surface area contributed by atoms with Gasteiger partial charge in [-0.25, -0.2) is 13.1 Å². The number of aromatic nitrogens is 1. The number of fused-ring (bicyclic) bond motifs is 1. The van der Waals surface area contributed by atoms with Gasteiger partial charge in [-0.2, -0.15) is 13.2 Å². The molecule has 1 aromatic carbocycles. The molecular weight excluding hydrogens is 441 g/mol. The molecule has 0 spiro atoms. The third-order valence-corrected chi connectivity index (χ3v) is 6.87. The first-order chi connectivity index (χ1) is 14.0. The summed E-state index contributed by atoms with van der Waals surface area (Å²) in [5.74, 6) is 0.507. The zero-order valence-electron chi connectivity index (χ0n) is 16.1. The first-order valence-corrected chi connectivity index (χ1v) is 11.2. The number of ether oxygens (including phenoxy) is 1. The van der Waals surface area contributed by atoms with Crippen molar-refractivity contribution in [2.24, 2.45) is 0 Å². The maximum absolute atomic E-state index is 12.8. The van der Waals surface area contributed by atoms with Crippen LogP contribution in [-0.4, -0.2) is 37.9 Å². The van der Waals surface area contributed by atoms with Gasteiger partial charge in [-0.1, -0.05) is 0 Å². The van der Waals surface area contributed by atoms with E-state index in [9.17, 15) is 26.4 Å². The number of sulfonamides is 1. The lowest BCUT2D eigenvalue weighted by atomic mass is 10.1. The molecule has 0 unspecified atom stereocenters. The lowest BCUT2D eigenvalue weighted by molar-refractivity contribution is -0.0447. The fraction of sp³-hybridized carbons (Fsp3) is 0.316. The standard InChI is InChI=1S/C19H19F3N2O4S2/c1-12-10-14-11-16(17(25)13-4-6-15(28-2)7-5-13)29-18(14)24(12)9-3-8-23-30(26,27)19(20,21)22/h4-7,10-11,23H,3,8-9H2,1-2H3. The van der Waals surface area contributed by atoms with Gasteiger partial charge in [0.15, 0.2) is 0 Å². The van der Waals surface area contributed by atoms with Crippen molar-refractivity contribution in [1.29, 1.82) is 0 Å². The molecule has 0 aliphatic rings. The van der Waals surface area contributed by atoms with Crippen molar-refractivity contribution in [3.05, 3.63) is 52.5 Å². The van der Waals surface area contributed by atoms with Crippen molar-refractivity contribution in [3.8, 4) is 5.75 Å². The molecule has 0 saturated carbocycles. The Kier molecular flexibility index (Phi) is 6.25. The fourth-order valence-electron chi connectivity index (χ4n) is 2.97. The normalized spacial score (nSPS) is 12.4. The van der Waals surface area contributed by atoms with Crippen LogP contribution in [0.3, 0.4) is 0 Å². The molecule has 0 saturated heterocycles. The Morgan fingerprint density at radius 2 is 1.87 bits per heavy atom. The Morgan fingerprint density at radius 3 is 2.47 bits per heavy atom. The summed E-state index contributed by atoms with van der Waals surface area (Å²) < 4.78 is 67.8. The fourth-order valence-corrected chi connectivity index (χ4v) is 4.74. The van der Waals surface area contributed by atoms with Crippen molar-refractivity contribution < 1.29 is 31.1 Å². The predicted molar refractivity (Wildman–Crippen MR) is 109 cm³/mol. The average Bonchev–Trinajstić information content (AvgIpc) is 3.21. The Hall–Kier alpha value is -2.37. The van der Waals surface area contributed by atoms with Gasteiger partial charge >= 0.3 is 15.5 Å². The molecule has 30 heavy (non-hydrogen) atoms. The van der Waals surface area contributed by atoms with Crippen molar-refractivity contribution in [3.63, 3.8) is 0 Å². The van der Waals surface area contributed by atoms with Crippen LogP contribution in [-0.2, 0) is 16.6 Å². The van der Waals surface area contributed by atoms with E-state index < -0.39 is 15.5 Å². The molecule has 3 rings (SSSR count). The van der Waals surface area contributed by atoms with Gasteiger partial charge in [0.2, 0.25) is 5.78 Å². The lowest BCUT2D eigenvalue weighted by Gasteiger charge is -2.10. The number of aryl methyl sites for hydroxylation is 2. The van der Waals surface area contributed by atoms with Gasteiger partial charge in [0.25, 0.3) is 0 Å². The highest BCUT2D eigenvalue weighted by Crippen LogP contribution is 2.31. The molecule has 2 heterocycles. The highest BCUT2D eigenvalue weighted by molar-refractivity contribution is 7.90. The molecule has 2 aromatic heterocycles. The summed E-state index contributed by atoms with van der Waals surface area (Å²) in [5.41, 5.74) is -3.93. The van der Waals surface area contributed by atoms with Gasteiger partial charge in [0.05, 0.1) is 12.0 Å². The Balaban J connectivity index is 1.73. The van der Waals surface area contributed by atoms with Crippen LogP contribution in [0, 0.1) is 6.92 Å². The lowest BCUT2D eigenvalue weighted by Crippen LogP contribution is -2.37. The minimum Gasteiger partial charge on any atom is -0.497 e. The van der Waals surface area contributed by atoms with Gasteiger partial charge < -0.3 is 9.30 Å². The number of ketones is 1. The summed E-state index contributed by atoms with van der Waals surface area (Å²) in [6.45, 7) is 1.81. The smallest absolute Gasteiger partial charge is 0.497 e. The van der Waals surface area contributed by atoms with E-state index in [-0.39, 0.29) is 18.7 Å². The van der Waals surface area contributed by atoms with E-state index >= 15 is 0 Å². The summed E-state index contributed by atoms with van der Waals surface area (Å²) in [5, 5.41) is 0.852. The Labute approximate surface area is 175 Å². The molecule has 0 radical (unpaired) electrons. The highest BCUT2D eigenvalue weighted by atomic mass is 32.2. The van der Waals surface area contributed by atoms with Crippen LogP contribution in [0.5, 0.6) is 5.75 Å². The molecule has 0 bridgehead atoms. The van der Waals surface area contributed by atoms with Gasteiger partial charge in [0, 0.05) is 29.7 Å². The van der Waals surface area contributed by atoms with Gasteiger partial charge in [-0.05, 0) is 49.7 Å². The molecule has 11 heteroatoms. The first kappa shape index (κ1) is 22.3. The van der Waals surface area contributed by atoms with E-state index in [1.165, 1.54) is 18.4 Å². The van der Waals surface area contributed by atoms with E-state index in [0.29, 0.717) is 22.7 Å². The van der Waals surface area contributed by atoms with Crippen molar-refractivity contribution in [1.82, 2.24) is 9.29 Å². The molecular formula is C19H19F3N2O4S2. The first-order valence-electron chi connectivity index (χ1n) is 8.88. The number of halogens is 3. The second-order valence-electron chi connectivity index (χ2n) is 6.56. The molecule has 0 atom stereocenters. The minimum atomic E-state index is -5.34. The van der Waals surface area contributed by atoms with Crippen LogP contribution in [0.4, 0.5) is 13.2 Å². The van der Waals surface area contributed by atoms with Crippen LogP contribution >= 0.6 is 11.3 Å². The third-order valence-electron chi connectivity index (χ3n) is 4.51. The van der Waals surface area contributed by atoms with E-state index in [1.54, 1.807) is 35.1 Å². The maximum Gasteiger partial charge on any atom is 0.511 e. The molecule has 0 aliphatic heterocycles. The van der Waals surface area contributed by atoms with Crippen LogP contribution < -0.4 is 9.46 Å². The number of alkyl halides is 3. The quantitative estimate of drug-likeness (QED) is 0.406. The van der Waals surface area contributed by atoms with Crippen LogP contribution in [0.2, 0.25) is 0 Å². The highest BCUT2D eigenvalue weighted by Gasteiger charge is 2.45. The largest absolute Gasteiger partial charge is 0.511 e.